The van der Waals surface area contributed by atoms with Crippen LogP contribution >= 0.6 is 0 Å². The van der Waals surface area contributed by atoms with Crippen molar-refractivity contribution in [2.75, 3.05) is 4.90 Å². The molecule has 2 rings (SSSR count). The summed E-state index contributed by atoms with van der Waals surface area (Å²) in [7, 11) is 0. The van der Waals surface area contributed by atoms with Gasteiger partial charge in [0.15, 0.2) is 0 Å². The average molecular weight is 228 g/mol. The smallest absolute Gasteiger partial charge is 0.225 e. The topological polar surface area (TPSA) is 41.9 Å². The van der Waals surface area contributed by atoms with Crippen LogP contribution < -0.4 is 4.90 Å². The summed E-state index contributed by atoms with van der Waals surface area (Å²) in [6.45, 7) is 5.04. The first-order chi connectivity index (χ1) is 8.27. The van der Waals surface area contributed by atoms with Crippen molar-refractivity contribution < 1.29 is 0 Å². The summed E-state index contributed by atoms with van der Waals surface area (Å²) in [6, 6.07) is 6.18. The van der Waals surface area contributed by atoms with Crippen LogP contribution in [-0.4, -0.2) is 21.0 Å². The molecule has 0 saturated heterocycles. The Labute approximate surface area is 101 Å². The van der Waals surface area contributed by atoms with Crippen molar-refractivity contribution in [3.8, 4) is 0 Å². The van der Waals surface area contributed by atoms with E-state index in [4.69, 9.17) is 0 Å². The quantitative estimate of drug-likeness (QED) is 0.805. The summed E-state index contributed by atoms with van der Waals surface area (Å²) in [5.74, 6) is 0.756. The van der Waals surface area contributed by atoms with E-state index in [1.54, 1.807) is 18.6 Å². The van der Waals surface area contributed by atoms with Gasteiger partial charge in [0.05, 0.1) is 0 Å². The number of anilines is 1. The van der Waals surface area contributed by atoms with Crippen molar-refractivity contribution in [2.45, 2.75) is 26.4 Å². The molecule has 0 bridgehead atoms. The van der Waals surface area contributed by atoms with Crippen molar-refractivity contribution in [1.29, 1.82) is 0 Å². The highest BCUT2D eigenvalue weighted by Gasteiger charge is 2.13. The highest BCUT2D eigenvalue weighted by Crippen LogP contribution is 2.13. The van der Waals surface area contributed by atoms with Crippen LogP contribution in [0.3, 0.4) is 0 Å². The lowest BCUT2D eigenvalue weighted by Gasteiger charge is -2.26. The molecule has 4 nitrogen and oxygen atoms in total. The van der Waals surface area contributed by atoms with Gasteiger partial charge in [-0.15, -0.1) is 0 Å². The van der Waals surface area contributed by atoms with Gasteiger partial charge in [0, 0.05) is 37.4 Å². The lowest BCUT2D eigenvalue weighted by Crippen LogP contribution is -2.31. The second-order valence-electron chi connectivity index (χ2n) is 4.13. The lowest BCUT2D eigenvalue weighted by atomic mass is 10.2. The van der Waals surface area contributed by atoms with Gasteiger partial charge in [-0.05, 0) is 31.5 Å². The molecule has 0 atom stereocenters. The Morgan fingerprint density at radius 2 is 1.88 bits per heavy atom. The Morgan fingerprint density at radius 3 is 2.47 bits per heavy atom. The normalized spacial score (nSPS) is 10.5. The first-order valence-electron chi connectivity index (χ1n) is 5.70. The van der Waals surface area contributed by atoms with Crippen LogP contribution in [0.25, 0.3) is 0 Å². The van der Waals surface area contributed by atoms with Crippen LogP contribution in [0.5, 0.6) is 0 Å². The predicted molar refractivity (Wildman–Crippen MR) is 67.6 cm³/mol. The van der Waals surface area contributed by atoms with Crippen LogP contribution in [0.4, 0.5) is 5.95 Å². The molecule has 2 heterocycles. The van der Waals surface area contributed by atoms with Gasteiger partial charge < -0.3 is 4.90 Å². The second kappa shape index (κ2) is 5.39. The van der Waals surface area contributed by atoms with Gasteiger partial charge in [-0.2, -0.15) is 0 Å². The summed E-state index contributed by atoms with van der Waals surface area (Å²) in [5, 5.41) is 0. The minimum atomic E-state index is 0.345. The molecule has 0 saturated carbocycles. The van der Waals surface area contributed by atoms with Gasteiger partial charge in [0.25, 0.3) is 0 Å². The first-order valence-corrected chi connectivity index (χ1v) is 5.70. The van der Waals surface area contributed by atoms with Crippen LogP contribution in [-0.2, 0) is 6.54 Å². The molecule has 88 valence electrons. The number of hydrogen-bond donors (Lipinski definition) is 0. The van der Waals surface area contributed by atoms with Gasteiger partial charge in [0.2, 0.25) is 5.95 Å². The highest BCUT2D eigenvalue weighted by molar-refractivity contribution is 5.31. The third kappa shape index (κ3) is 3.00. The number of rotatable bonds is 4. The molecule has 0 unspecified atom stereocenters. The average Bonchev–Trinajstić information content (AvgIpc) is 2.38. The van der Waals surface area contributed by atoms with E-state index in [-0.39, 0.29) is 0 Å². The van der Waals surface area contributed by atoms with Gasteiger partial charge >= 0.3 is 0 Å². The fourth-order valence-electron chi connectivity index (χ4n) is 1.61. The van der Waals surface area contributed by atoms with Crippen LogP contribution in [0.2, 0.25) is 0 Å². The summed E-state index contributed by atoms with van der Waals surface area (Å²) in [4.78, 5) is 14.9. The van der Waals surface area contributed by atoms with E-state index in [1.807, 2.05) is 18.3 Å². The maximum atomic E-state index is 4.29. The molecule has 17 heavy (non-hydrogen) atoms. The Hall–Kier alpha value is -1.97. The molecule has 2 aromatic heterocycles. The van der Waals surface area contributed by atoms with Gasteiger partial charge in [-0.3, -0.25) is 4.98 Å². The molecule has 0 aliphatic rings. The molecular weight excluding hydrogens is 212 g/mol. The maximum Gasteiger partial charge on any atom is 0.225 e. The molecule has 0 fully saturated rings. The zero-order chi connectivity index (χ0) is 12.1. The SMILES string of the molecule is CC(C)N(Cc1cccnc1)c1ncccn1. The minimum Gasteiger partial charge on any atom is -0.334 e. The minimum absolute atomic E-state index is 0.345. The molecule has 0 aromatic carbocycles. The number of pyridine rings is 1. The van der Waals surface area contributed by atoms with Crippen LogP contribution in [0.1, 0.15) is 19.4 Å². The van der Waals surface area contributed by atoms with E-state index < -0.39 is 0 Å². The van der Waals surface area contributed by atoms with E-state index in [2.05, 4.69) is 39.8 Å². The second-order valence-corrected chi connectivity index (χ2v) is 4.13. The zero-order valence-corrected chi connectivity index (χ0v) is 10.1. The molecule has 0 aliphatic heterocycles. The maximum absolute atomic E-state index is 4.29. The van der Waals surface area contributed by atoms with Crippen molar-refractivity contribution in [1.82, 2.24) is 15.0 Å². The molecule has 0 aliphatic carbocycles. The summed E-state index contributed by atoms with van der Waals surface area (Å²) in [5.41, 5.74) is 1.16. The van der Waals surface area contributed by atoms with Gasteiger partial charge in [-0.1, -0.05) is 6.07 Å². The molecule has 0 radical (unpaired) electrons. The van der Waals surface area contributed by atoms with Gasteiger partial charge in [-0.25, -0.2) is 9.97 Å². The van der Waals surface area contributed by atoms with Crippen LogP contribution in [0, 0.1) is 0 Å². The Balaban J connectivity index is 2.20. The summed E-state index contributed by atoms with van der Waals surface area (Å²) in [6.07, 6.45) is 7.18. The lowest BCUT2D eigenvalue weighted by molar-refractivity contribution is 0.659. The molecule has 0 amide bonds. The fourth-order valence-corrected chi connectivity index (χ4v) is 1.61. The Kier molecular flexibility index (Phi) is 3.65. The Bertz CT molecular complexity index is 441. The fraction of sp³-hybridized carbons (Fsp3) is 0.308. The first kappa shape index (κ1) is 11.5. The van der Waals surface area contributed by atoms with E-state index in [9.17, 15) is 0 Å². The predicted octanol–water partition coefficient (Wildman–Crippen LogP) is 2.29. The number of nitrogens with zero attached hydrogens (tertiary/aromatic N) is 4. The van der Waals surface area contributed by atoms with Crippen LogP contribution in [0.15, 0.2) is 43.0 Å². The molecule has 4 heteroatoms. The third-order valence-electron chi connectivity index (χ3n) is 2.51. The van der Waals surface area contributed by atoms with Crippen molar-refractivity contribution in [3.63, 3.8) is 0 Å². The molecular formula is C13H16N4. The van der Waals surface area contributed by atoms with E-state index in [0.29, 0.717) is 6.04 Å². The van der Waals surface area contributed by atoms with Crippen molar-refractivity contribution in [2.24, 2.45) is 0 Å². The van der Waals surface area contributed by atoms with Gasteiger partial charge in [0.1, 0.15) is 0 Å². The van der Waals surface area contributed by atoms with Crippen molar-refractivity contribution in [3.05, 3.63) is 48.5 Å². The summed E-state index contributed by atoms with van der Waals surface area (Å²) < 4.78 is 0. The van der Waals surface area contributed by atoms with E-state index >= 15 is 0 Å². The number of hydrogen-bond acceptors (Lipinski definition) is 4. The van der Waals surface area contributed by atoms with E-state index in [1.165, 1.54) is 0 Å². The molecule has 2 aromatic rings. The molecule has 0 spiro atoms. The standard InChI is InChI=1S/C13H16N4/c1-11(2)17(13-15-7-4-8-16-13)10-12-5-3-6-14-9-12/h3-9,11H,10H2,1-2H3. The highest BCUT2D eigenvalue weighted by atomic mass is 15.3. The Morgan fingerprint density at radius 1 is 1.12 bits per heavy atom. The largest absolute Gasteiger partial charge is 0.334 e. The van der Waals surface area contributed by atoms with Crippen molar-refractivity contribution >= 4 is 5.95 Å². The summed E-state index contributed by atoms with van der Waals surface area (Å²) >= 11 is 0. The monoisotopic (exact) mass is 228 g/mol. The third-order valence-corrected chi connectivity index (χ3v) is 2.51. The molecule has 0 N–H and O–H groups in total. The zero-order valence-electron chi connectivity index (χ0n) is 10.1. The number of aromatic nitrogens is 3. The van der Waals surface area contributed by atoms with E-state index in [0.717, 1.165) is 18.1 Å².